The van der Waals surface area contributed by atoms with Crippen molar-refractivity contribution in [2.75, 3.05) is 6.26 Å². The molecule has 0 bridgehead atoms. The lowest BCUT2D eigenvalue weighted by atomic mass is 9.98. The van der Waals surface area contributed by atoms with Crippen LogP contribution in [0.5, 0.6) is 0 Å². The summed E-state index contributed by atoms with van der Waals surface area (Å²) in [7, 11) is -3.35. The normalized spacial score (nSPS) is 11.7. The summed E-state index contributed by atoms with van der Waals surface area (Å²) < 4.78 is 43.0. The fourth-order valence-corrected chi connectivity index (χ4v) is 3.88. The van der Waals surface area contributed by atoms with Gasteiger partial charge in [-0.15, -0.1) is 0 Å². The molecule has 0 fully saturated rings. The van der Waals surface area contributed by atoms with E-state index in [1.54, 1.807) is 24.3 Å². The van der Waals surface area contributed by atoms with Crippen LogP contribution < -0.4 is 5.43 Å². The molecule has 29 heavy (non-hydrogen) atoms. The Morgan fingerprint density at radius 2 is 1.48 bits per heavy atom. The fraction of sp³-hybridized carbons (Fsp3) is 0.0870. The molecule has 0 aliphatic heterocycles. The number of hydrogen-bond donors (Lipinski definition) is 0. The zero-order chi connectivity index (χ0) is 20.8. The summed E-state index contributed by atoms with van der Waals surface area (Å²) in [5.41, 5.74) is 2.48. The van der Waals surface area contributed by atoms with Crippen molar-refractivity contribution in [2.24, 2.45) is 0 Å². The van der Waals surface area contributed by atoms with Crippen LogP contribution in [0.2, 0.25) is 0 Å². The Hall–Kier alpha value is -3.25. The lowest BCUT2D eigenvalue weighted by Gasteiger charge is -2.11. The first-order valence-corrected chi connectivity index (χ1v) is 10.8. The van der Waals surface area contributed by atoms with Crippen molar-refractivity contribution >= 4 is 20.8 Å². The Kier molecular flexibility index (Phi) is 4.59. The molecule has 0 unspecified atom stereocenters. The van der Waals surface area contributed by atoms with Crippen LogP contribution >= 0.6 is 0 Å². The van der Waals surface area contributed by atoms with E-state index in [1.807, 2.05) is 13.0 Å². The van der Waals surface area contributed by atoms with Gasteiger partial charge in [-0.25, -0.2) is 12.8 Å². The molecule has 0 aliphatic rings. The molecule has 4 nitrogen and oxygen atoms in total. The highest BCUT2D eigenvalue weighted by Gasteiger charge is 2.19. The van der Waals surface area contributed by atoms with Gasteiger partial charge >= 0.3 is 0 Å². The zero-order valence-corrected chi connectivity index (χ0v) is 16.6. The average molecular weight is 408 g/mol. The van der Waals surface area contributed by atoms with Gasteiger partial charge in [0, 0.05) is 11.8 Å². The number of fused-ring (bicyclic) bond motifs is 1. The number of hydrogen-bond acceptors (Lipinski definition) is 4. The Labute approximate surface area is 167 Å². The molecule has 146 valence electrons. The second kappa shape index (κ2) is 6.97. The van der Waals surface area contributed by atoms with Crippen LogP contribution in [0, 0.1) is 12.7 Å². The van der Waals surface area contributed by atoms with E-state index in [4.69, 9.17) is 4.42 Å². The SMILES string of the molecule is Cc1ccc2oc(-c3ccc(S(C)(=O)=O)cc3)c(-c3ccc(F)cc3)c(=O)c2c1. The number of rotatable bonds is 3. The fourth-order valence-electron chi connectivity index (χ4n) is 3.24. The molecule has 0 aliphatic carbocycles. The number of halogens is 1. The minimum Gasteiger partial charge on any atom is -0.455 e. The predicted octanol–water partition coefficient (Wildman–Crippen LogP) is 4.98. The summed E-state index contributed by atoms with van der Waals surface area (Å²) in [6.45, 7) is 1.88. The summed E-state index contributed by atoms with van der Waals surface area (Å²) >= 11 is 0. The van der Waals surface area contributed by atoms with Gasteiger partial charge in [0.15, 0.2) is 9.84 Å². The standard InChI is InChI=1S/C23H17FO4S/c1-14-3-12-20-19(13-14)22(25)21(15-4-8-17(24)9-5-15)23(28-20)16-6-10-18(11-7-16)29(2,26)27/h3-13H,1-2H3. The van der Waals surface area contributed by atoms with Crippen molar-refractivity contribution < 1.29 is 17.2 Å². The molecule has 0 amide bonds. The number of sulfone groups is 1. The van der Waals surface area contributed by atoms with Crippen LogP contribution in [0.15, 0.2) is 80.8 Å². The molecule has 3 aromatic carbocycles. The quantitative estimate of drug-likeness (QED) is 0.480. The molecular weight excluding hydrogens is 391 g/mol. The Balaban J connectivity index is 2.04. The van der Waals surface area contributed by atoms with Gasteiger partial charge in [-0.3, -0.25) is 4.79 Å². The third-order valence-corrected chi connectivity index (χ3v) is 5.85. The van der Waals surface area contributed by atoms with Gasteiger partial charge in [-0.05, 0) is 61.0 Å². The van der Waals surface area contributed by atoms with Crippen LogP contribution in [-0.2, 0) is 9.84 Å². The van der Waals surface area contributed by atoms with Crippen molar-refractivity contribution in [3.63, 3.8) is 0 Å². The summed E-state index contributed by atoms with van der Waals surface area (Å²) in [6, 6.07) is 17.1. The molecule has 4 aromatic rings. The topological polar surface area (TPSA) is 64.3 Å². The second-order valence-corrected chi connectivity index (χ2v) is 8.95. The highest BCUT2D eigenvalue weighted by atomic mass is 32.2. The summed E-state index contributed by atoms with van der Waals surface area (Å²) in [5.74, 6) is -0.105. The van der Waals surface area contributed by atoms with Gasteiger partial charge in [-0.1, -0.05) is 23.8 Å². The van der Waals surface area contributed by atoms with Crippen LogP contribution in [0.4, 0.5) is 4.39 Å². The molecule has 4 rings (SSSR count). The molecule has 0 atom stereocenters. The highest BCUT2D eigenvalue weighted by Crippen LogP contribution is 2.33. The number of aryl methyl sites for hydroxylation is 1. The van der Waals surface area contributed by atoms with Crippen molar-refractivity contribution in [1.29, 1.82) is 0 Å². The minimum atomic E-state index is -3.35. The van der Waals surface area contributed by atoms with Gasteiger partial charge in [0.2, 0.25) is 5.43 Å². The third-order valence-electron chi connectivity index (χ3n) is 4.72. The molecule has 0 radical (unpaired) electrons. The van der Waals surface area contributed by atoms with Crippen molar-refractivity contribution in [3.05, 3.63) is 88.3 Å². The molecular formula is C23H17FO4S. The van der Waals surface area contributed by atoms with Crippen LogP contribution in [-0.4, -0.2) is 14.7 Å². The van der Waals surface area contributed by atoms with Gasteiger partial charge in [-0.2, -0.15) is 0 Å². The van der Waals surface area contributed by atoms with Crippen molar-refractivity contribution in [1.82, 2.24) is 0 Å². The molecule has 6 heteroatoms. The second-order valence-electron chi connectivity index (χ2n) is 6.94. The van der Waals surface area contributed by atoms with Crippen LogP contribution in [0.1, 0.15) is 5.56 Å². The molecule has 1 aromatic heterocycles. The van der Waals surface area contributed by atoms with E-state index in [1.165, 1.54) is 36.4 Å². The Bertz CT molecular complexity index is 1380. The zero-order valence-electron chi connectivity index (χ0n) is 15.8. The van der Waals surface area contributed by atoms with Gasteiger partial charge in [0.05, 0.1) is 15.8 Å². The average Bonchev–Trinajstić information content (AvgIpc) is 2.69. The first-order chi connectivity index (χ1) is 13.7. The van der Waals surface area contributed by atoms with E-state index in [0.29, 0.717) is 33.4 Å². The van der Waals surface area contributed by atoms with E-state index in [2.05, 4.69) is 0 Å². The number of benzene rings is 3. The van der Waals surface area contributed by atoms with E-state index >= 15 is 0 Å². The minimum absolute atomic E-state index is 0.170. The lowest BCUT2D eigenvalue weighted by molar-refractivity contribution is 0.601. The van der Waals surface area contributed by atoms with Crippen LogP contribution in [0.3, 0.4) is 0 Å². The van der Waals surface area contributed by atoms with E-state index in [9.17, 15) is 17.6 Å². The Morgan fingerprint density at radius 3 is 2.10 bits per heavy atom. The monoisotopic (exact) mass is 408 g/mol. The molecule has 0 spiro atoms. The van der Waals surface area contributed by atoms with E-state index < -0.39 is 15.7 Å². The predicted molar refractivity (Wildman–Crippen MR) is 111 cm³/mol. The maximum absolute atomic E-state index is 13.4. The largest absolute Gasteiger partial charge is 0.455 e. The molecule has 1 heterocycles. The first kappa shape index (κ1) is 19.1. The van der Waals surface area contributed by atoms with Gasteiger partial charge in [0.25, 0.3) is 0 Å². The van der Waals surface area contributed by atoms with Crippen molar-refractivity contribution in [3.8, 4) is 22.5 Å². The van der Waals surface area contributed by atoms with E-state index in [-0.39, 0.29) is 10.3 Å². The highest BCUT2D eigenvalue weighted by molar-refractivity contribution is 7.90. The van der Waals surface area contributed by atoms with Crippen molar-refractivity contribution in [2.45, 2.75) is 11.8 Å². The summed E-state index contributed by atoms with van der Waals surface area (Å²) in [4.78, 5) is 13.5. The first-order valence-electron chi connectivity index (χ1n) is 8.88. The summed E-state index contributed by atoms with van der Waals surface area (Å²) in [6.07, 6.45) is 1.13. The maximum Gasteiger partial charge on any atom is 0.201 e. The Morgan fingerprint density at radius 1 is 0.862 bits per heavy atom. The third kappa shape index (κ3) is 3.59. The maximum atomic E-state index is 13.4. The molecule has 0 saturated carbocycles. The van der Waals surface area contributed by atoms with Gasteiger partial charge < -0.3 is 4.42 Å². The van der Waals surface area contributed by atoms with Gasteiger partial charge in [0.1, 0.15) is 17.2 Å². The smallest absolute Gasteiger partial charge is 0.201 e. The lowest BCUT2D eigenvalue weighted by Crippen LogP contribution is -2.08. The molecule has 0 N–H and O–H groups in total. The van der Waals surface area contributed by atoms with E-state index in [0.717, 1.165) is 11.8 Å². The molecule has 0 saturated heterocycles. The summed E-state index contributed by atoms with van der Waals surface area (Å²) in [5, 5.41) is 0.431. The van der Waals surface area contributed by atoms with Crippen LogP contribution in [0.25, 0.3) is 33.4 Å².